The molecule has 88 valence electrons. The molecule has 0 bridgehead atoms. The topological polar surface area (TPSA) is 57.2 Å². The molecule has 1 unspecified atom stereocenters. The Morgan fingerprint density at radius 1 is 1.56 bits per heavy atom. The van der Waals surface area contributed by atoms with Crippen molar-refractivity contribution >= 4 is 5.69 Å². The monoisotopic (exact) mass is 222 g/mol. The van der Waals surface area contributed by atoms with Crippen LogP contribution in [0.2, 0.25) is 0 Å². The smallest absolute Gasteiger partial charge is 0.204 e. The molecule has 1 saturated heterocycles. The fourth-order valence-corrected chi connectivity index (χ4v) is 2.06. The van der Waals surface area contributed by atoms with E-state index in [2.05, 4.69) is 0 Å². The number of hydrogen-bond acceptors (Lipinski definition) is 3. The van der Waals surface area contributed by atoms with Gasteiger partial charge in [0.25, 0.3) is 0 Å². The van der Waals surface area contributed by atoms with Gasteiger partial charge in [0.05, 0.1) is 11.8 Å². The van der Waals surface area contributed by atoms with Crippen LogP contribution in [0.15, 0.2) is 23.3 Å². The molecule has 1 aliphatic heterocycles. The van der Waals surface area contributed by atoms with Crippen LogP contribution in [0.3, 0.4) is 0 Å². The van der Waals surface area contributed by atoms with E-state index in [9.17, 15) is 4.79 Å². The SMILES string of the molecule is Nc1cn(CCCC2CCCO2)ccc1=O. The van der Waals surface area contributed by atoms with Gasteiger partial charge >= 0.3 is 0 Å². The summed E-state index contributed by atoms with van der Waals surface area (Å²) in [5, 5.41) is 0. The van der Waals surface area contributed by atoms with Crippen LogP contribution in [0.4, 0.5) is 5.69 Å². The van der Waals surface area contributed by atoms with Crippen molar-refractivity contribution in [3.05, 3.63) is 28.7 Å². The number of ether oxygens (including phenoxy) is 1. The highest BCUT2D eigenvalue weighted by molar-refractivity contribution is 5.33. The molecule has 0 spiro atoms. The van der Waals surface area contributed by atoms with E-state index in [1.165, 1.54) is 18.9 Å². The summed E-state index contributed by atoms with van der Waals surface area (Å²) >= 11 is 0. The van der Waals surface area contributed by atoms with Crippen molar-refractivity contribution in [2.24, 2.45) is 0 Å². The summed E-state index contributed by atoms with van der Waals surface area (Å²) in [6, 6.07) is 1.52. The van der Waals surface area contributed by atoms with Gasteiger partial charge in [0.15, 0.2) is 0 Å². The summed E-state index contributed by atoms with van der Waals surface area (Å²) in [4.78, 5) is 11.1. The Kier molecular flexibility index (Phi) is 3.62. The van der Waals surface area contributed by atoms with Crippen molar-refractivity contribution in [2.45, 2.75) is 38.3 Å². The molecule has 0 amide bonds. The molecule has 1 aliphatic rings. The van der Waals surface area contributed by atoms with Gasteiger partial charge in [0, 0.05) is 31.6 Å². The second-order valence-electron chi connectivity index (χ2n) is 4.28. The quantitative estimate of drug-likeness (QED) is 0.837. The number of nitrogens with zero attached hydrogens (tertiary/aromatic N) is 1. The molecule has 2 heterocycles. The van der Waals surface area contributed by atoms with E-state index < -0.39 is 0 Å². The maximum absolute atomic E-state index is 11.1. The molecule has 4 heteroatoms. The average molecular weight is 222 g/mol. The fraction of sp³-hybridized carbons (Fsp3) is 0.583. The lowest BCUT2D eigenvalue weighted by atomic mass is 10.1. The average Bonchev–Trinajstić information content (AvgIpc) is 2.76. The number of aromatic nitrogens is 1. The number of rotatable bonds is 4. The van der Waals surface area contributed by atoms with E-state index >= 15 is 0 Å². The zero-order valence-corrected chi connectivity index (χ0v) is 9.39. The molecular weight excluding hydrogens is 204 g/mol. The van der Waals surface area contributed by atoms with E-state index in [-0.39, 0.29) is 5.43 Å². The molecule has 4 nitrogen and oxygen atoms in total. The first-order valence-corrected chi connectivity index (χ1v) is 5.83. The Morgan fingerprint density at radius 2 is 2.44 bits per heavy atom. The lowest BCUT2D eigenvalue weighted by Crippen LogP contribution is -2.12. The molecule has 0 aliphatic carbocycles. The fourth-order valence-electron chi connectivity index (χ4n) is 2.06. The Morgan fingerprint density at radius 3 is 3.12 bits per heavy atom. The highest BCUT2D eigenvalue weighted by Crippen LogP contribution is 2.17. The predicted octanol–water partition coefficient (Wildman–Crippen LogP) is 1.39. The molecule has 16 heavy (non-hydrogen) atoms. The standard InChI is InChI=1S/C12H18N2O2/c13-11-9-14(7-5-12(11)15)6-1-3-10-4-2-8-16-10/h5,7,9-10H,1-4,6,8,13H2. The van der Waals surface area contributed by atoms with Crippen LogP contribution < -0.4 is 11.2 Å². The molecule has 0 radical (unpaired) electrons. The normalized spacial score (nSPS) is 20.1. The largest absolute Gasteiger partial charge is 0.394 e. The number of hydrogen-bond donors (Lipinski definition) is 1. The Labute approximate surface area is 95.0 Å². The number of anilines is 1. The predicted molar refractivity (Wildman–Crippen MR) is 63.3 cm³/mol. The number of nitrogen functional groups attached to an aromatic ring is 1. The second-order valence-corrected chi connectivity index (χ2v) is 4.28. The van der Waals surface area contributed by atoms with Crippen LogP contribution in [0.5, 0.6) is 0 Å². The van der Waals surface area contributed by atoms with Gasteiger partial charge in [0.1, 0.15) is 0 Å². The zero-order chi connectivity index (χ0) is 11.4. The first kappa shape index (κ1) is 11.2. The molecule has 2 N–H and O–H groups in total. The first-order chi connectivity index (χ1) is 7.75. The summed E-state index contributed by atoms with van der Waals surface area (Å²) in [5.41, 5.74) is 5.77. The summed E-state index contributed by atoms with van der Waals surface area (Å²) in [5.74, 6) is 0. The number of pyridine rings is 1. The molecule has 1 atom stereocenters. The lowest BCUT2D eigenvalue weighted by Gasteiger charge is -2.10. The van der Waals surface area contributed by atoms with E-state index in [0.717, 1.165) is 26.0 Å². The summed E-state index contributed by atoms with van der Waals surface area (Å²) in [6.07, 6.45) is 8.46. The van der Waals surface area contributed by atoms with Gasteiger partial charge in [-0.3, -0.25) is 4.79 Å². The van der Waals surface area contributed by atoms with Gasteiger partial charge in [-0.25, -0.2) is 0 Å². The van der Waals surface area contributed by atoms with Crippen molar-refractivity contribution in [3.63, 3.8) is 0 Å². The van der Waals surface area contributed by atoms with Crippen LogP contribution in [-0.2, 0) is 11.3 Å². The van der Waals surface area contributed by atoms with E-state index in [1.807, 2.05) is 4.57 Å². The lowest BCUT2D eigenvalue weighted by molar-refractivity contribution is 0.101. The van der Waals surface area contributed by atoms with E-state index in [0.29, 0.717) is 11.8 Å². The number of nitrogens with two attached hydrogens (primary N) is 1. The van der Waals surface area contributed by atoms with Gasteiger partial charge in [-0.05, 0) is 25.7 Å². The van der Waals surface area contributed by atoms with Crippen LogP contribution in [0, 0.1) is 0 Å². The summed E-state index contributed by atoms with van der Waals surface area (Å²) in [6.45, 7) is 1.81. The van der Waals surface area contributed by atoms with Crippen molar-refractivity contribution < 1.29 is 4.74 Å². The van der Waals surface area contributed by atoms with Crippen molar-refractivity contribution in [3.8, 4) is 0 Å². The van der Waals surface area contributed by atoms with Gasteiger partial charge in [0.2, 0.25) is 5.43 Å². The van der Waals surface area contributed by atoms with Crippen LogP contribution in [0.1, 0.15) is 25.7 Å². The first-order valence-electron chi connectivity index (χ1n) is 5.83. The van der Waals surface area contributed by atoms with E-state index in [4.69, 9.17) is 10.5 Å². The van der Waals surface area contributed by atoms with Gasteiger partial charge in [-0.15, -0.1) is 0 Å². The Hall–Kier alpha value is -1.29. The summed E-state index contributed by atoms with van der Waals surface area (Å²) in [7, 11) is 0. The van der Waals surface area contributed by atoms with Gasteiger partial charge < -0.3 is 15.0 Å². The van der Waals surface area contributed by atoms with Crippen LogP contribution >= 0.6 is 0 Å². The van der Waals surface area contributed by atoms with Gasteiger partial charge in [-0.1, -0.05) is 0 Å². The molecular formula is C12H18N2O2. The molecule has 1 aromatic rings. The van der Waals surface area contributed by atoms with Crippen LogP contribution in [0.25, 0.3) is 0 Å². The third kappa shape index (κ3) is 2.85. The van der Waals surface area contributed by atoms with Crippen molar-refractivity contribution in [2.75, 3.05) is 12.3 Å². The zero-order valence-electron chi connectivity index (χ0n) is 9.39. The minimum absolute atomic E-state index is 0.102. The van der Waals surface area contributed by atoms with E-state index in [1.54, 1.807) is 12.4 Å². The maximum Gasteiger partial charge on any atom is 0.204 e. The minimum Gasteiger partial charge on any atom is -0.394 e. The highest BCUT2D eigenvalue weighted by atomic mass is 16.5. The van der Waals surface area contributed by atoms with Crippen LogP contribution in [-0.4, -0.2) is 17.3 Å². The minimum atomic E-state index is -0.102. The Bertz CT molecular complexity index is 394. The summed E-state index contributed by atoms with van der Waals surface area (Å²) < 4.78 is 7.51. The third-order valence-corrected chi connectivity index (χ3v) is 2.97. The van der Waals surface area contributed by atoms with Gasteiger partial charge in [-0.2, -0.15) is 0 Å². The van der Waals surface area contributed by atoms with Crippen molar-refractivity contribution in [1.82, 2.24) is 4.57 Å². The molecule has 1 fully saturated rings. The molecule has 0 saturated carbocycles. The molecule has 2 rings (SSSR count). The second kappa shape index (κ2) is 5.16. The molecule has 1 aromatic heterocycles. The third-order valence-electron chi connectivity index (χ3n) is 2.97. The van der Waals surface area contributed by atoms with Crippen molar-refractivity contribution in [1.29, 1.82) is 0 Å². The molecule has 0 aromatic carbocycles. The maximum atomic E-state index is 11.1. The Balaban J connectivity index is 1.80. The highest BCUT2D eigenvalue weighted by Gasteiger charge is 2.14. The number of aryl methyl sites for hydroxylation is 1.